The first-order valence-corrected chi connectivity index (χ1v) is 22.5. The minimum Gasteiger partial charge on any atom is -0.466 e. The highest BCUT2D eigenvalue weighted by Gasteiger charge is 2.28. The Morgan fingerprint density at radius 1 is 0.685 bits per heavy atom. The van der Waals surface area contributed by atoms with Crippen LogP contribution >= 0.6 is 0 Å². The van der Waals surface area contributed by atoms with Crippen molar-refractivity contribution in [1.29, 1.82) is 0 Å². The van der Waals surface area contributed by atoms with Crippen molar-refractivity contribution in [3.63, 3.8) is 0 Å². The van der Waals surface area contributed by atoms with Gasteiger partial charge in [0.05, 0.1) is 26.1 Å². The van der Waals surface area contributed by atoms with Gasteiger partial charge in [-0.1, -0.05) is 129 Å². The lowest BCUT2D eigenvalue weighted by Crippen LogP contribution is -2.24. The SMILES string of the molecule is C=C=C=C=C1C(CCCCC)CC(=O)OCCCCCCCCC(OC(=O)CCCCN(CC)CC)CCCCCCCCOC(=O)CC1CCCCC. The van der Waals surface area contributed by atoms with E-state index in [0.29, 0.717) is 19.6 Å². The maximum absolute atomic E-state index is 13.2. The third kappa shape index (κ3) is 26.3. The van der Waals surface area contributed by atoms with Gasteiger partial charge in [-0.05, 0) is 114 Å². The highest BCUT2D eigenvalue weighted by Crippen LogP contribution is 2.33. The van der Waals surface area contributed by atoms with E-state index in [4.69, 9.17) is 14.2 Å². The third-order valence-corrected chi connectivity index (χ3v) is 11.0. The molecule has 7 heteroatoms. The zero-order valence-corrected chi connectivity index (χ0v) is 35.5. The maximum Gasteiger partial charge on any atom is 0.306 e. The summed E-state index contributed by atoms with van der Waals surface area (Å²) in [7, 11) is 0. The molecule has 0 aromatic heterocycles. The molecule has 54 heavy (non-hydrogen) atoms. The van der Waals surface area contributed by atoms with Crippen LogP contribution in [-0.4, -0.2) is 61.8 Å². The van der Waals surface area contributed by atoms with Gasteiger partial charge in [-0.15, -0.1) is 0 Å². The van der Waals surface area contributed by atoms with Crippen molar-refractivity contribution < 1.29 is 28.6 Å². The van der Waals surface area contributed by atoms with E-state index in [1.165, 1.54) is 0 Å². The lowest BCUT2D eigenvalue weighted by molar-refractivity contribution is -0.150. The number of carbonyl (C=O) groups excluding carboxylic acids is 3. The number of hydrogen-bond acceptors (Lipinski definition) is 7. The Morgan fingerprint density at radius 2 is 1.17 bits per heavy atom. The first-order chi connectivity index (χ1) is 26.4. The molecule has 7 nitrogen and oxygen atoms in total. The standard InChI is InChI=1S/C47H81NO6/c1-6-11-22-30-41-39-46(50)52-37-28-20-16-14-18-24-32-43(54-45(49)35-26-27-36-48(9-4)10-5)33-25-19-15-17-21-29-38-53-47(51)40-42(31-23-12-7-2)44(41)34-13-8-3/h41-43H,3,6-7,9-12,14-33,35-40H2,1-2,4-5H3. The summed E-state index contributed by atoms with van der Waals surface area (Å²) in [5, 5.41) is 0. The number of rotatable bonds is 16. The molecule has 2 unspecified atom stereocenters. The van der Waals surface area contributed by atoms with E-state index in [9.17, 15) is 14.4 Å². The fraction of sp³-hybridized carbons (Fsp3) is 0.830. The van der Waals surface area contributed by atoms with E-state index in [0.717, 1.165) is 179 Å². The van der Waals surface area contributed by atoms with Gasteiger partial charge >= 0.3 is 17.9 Å². The summed E-state index contributed by atoms with van der Waals surface area (Å²) in [6.45, 7) is 16.4. The number of esters is 3. The molecule has 0 aliphatic carbocycles. The van der Waals surface area contributed by atoms with E-state index < -0.39 is 0 Å². The van der Waals surface area contributed by atoms with Crippen molar-refractivity contribution in [2.24, 2.45) is 11.8 Å². The Labute approximate surface area is 331 Å². The number of hydrogen-bond donors (Lipinski definition) is 0. The van der Waals surface area contributed by atoms with E-state index >= 15 is 0 Å². The van der Waals surface area contributed by atoms with Crippen molar-refractivity contribution in [3.8, 4) is 0 Å². The van der Waals surface area contributed by atoms with Crippen molar-refractivity contribution in [3.05, 3.63) is 29.3 Å². The minimum absolute atomic E-state index is 0.00732. The second-order valence-electron chi connectivity index (χ2n) is 15.5. The number of carbonyl (C=O) groups is 3. The third-order valence-electron chi connectivity index (χ3n) is 11.0. The van der Waals surface area contributed by atoms with Gasteiger partial charge in [-0.25, -0.2) is 0 Å². The van der Waals surface area contributed by atoms with Gasteiger partial charge in [0.2, 0.25) is 0 Å². The molecule has 0 radical (unpaired) electrons. The second kappa shape index (κ2) is 34.9. The largest absolute Gasteiger partial charge is 0.466 e. The Morgan fingerprint density at radius 3 is 1.63 bits per heavy atom. The van der Waals surface area contributed by atoms with E-state index in [2.05, 4.69) is 56.4 Å². The maximum atomic E-state index is 13.2. The summed E-state index contributed by atoms with van der Waals surface area (Å²) in [4.78, 5) is 41.6. The van der Waals surface area contributed by atoms with Crippen LogP contribution in [0.5, 0.6) is 0 Å². The van der Waals surface area contributed by atoms with Crippen molar-refractivity contribution in [2.75, 3.05) is 32.8 Å². The summed E-state index contributed by atoms with van der Waals surface area (Å²) in [6.07, 6.45) is 25.6. The molecule has 2 atom stereocenters. The van der Waals surface area contributed by atoms with Gasteiger partial charge in [0.25, 0.3) is 0 Å². The molecule has 0 aromatic carbocycles. The summed E-state index contributed by atoms with van der Waals surface area (Å²) in [5.41, 5.74) is 9.95. The molecule has 0 aromatic rings. The fourth-order valence-corrected chi connectivity index (χ4v) is 7.58. The van der Waals surface area contributed by atoms with Crippen molar-refractivity contribution in [2.45, 2.75) is 207 Å². The smallest absolute Gasteiger partial charge is 0.306 e. The average Bonchev–Trinajstić information content (AvgIpc) is 3.16. The van der Waals surface area contributed by atoms with E-state index in [-0.39, 0.29) is 48.7 Å². The molecular formula is C47H81NO6. The van der Waals surface area contributed by atoms with Crippen LogP contribution in [-0.2, 0) is 28.6 Å². The molecule has 1 aliphatic rings. The van der Waals surface area contributed by atoms with Gasteiger partial charge in [0.15, 0.2) is 0 Å². The summed E-state index contributed by atoms with van der Waals surface area (Å²) in [6, 6.07) is 0. The average molecular weight is 756 g/mol. The predicted molar refractivity (Wildman–Crippen MR) is 222 cm³/mol. The Bertz CT molecular complexity index is 1040. The highest BCUT2D eigenvalue weighted by molar-refractivity contribution is 5.71. The van der Waals surface area contributed by atoms with Crippen LogP contribution < -0.4 is 0 Å². The molecule has 1 saturated heterocycles. The van der Waals surface area contributed by atoms with Gasteiger partial charge in [-0.2, -0.15) is 0 Å². The van der Waals surface area contributed by atoms with Crippen LogP contribution in [0.2, 0.25) is 0 Å². The zero-order chi connectivity index (χ0) is 39.5. The molecule has 0 amide bonds. The topological polar surface area (TPSA) is 82.1 Å². The van der Waals surface area contributed by atoms with E-state index in [1.807, 2.05) is 0 Å². The monoisotopic (exact) mass is 756 g/mol. The lowest BCUT2D eigenvalue weighted by atomic mass is 9.79. The highest BCUT2D eigenvalue weighted by atomic mass is 16.5. The Kier molecular flexibility index (Phi) is 32.0. The van der Waals surface area contributed by atoms with Crippen molar-refractivity contribution >= 4 is 17.9 Å². The molecule has 1 fully saturated rings. The van der Waals surface area contributed by atoms with Crippen LogP contribution in [0.4, 0.5) is 0 Å². The number of ether oxygens (including phenoxy) is 3. The molecule has 0 bridgehead atoms. The van der Waals surface area contributed by atoms with Gasteiger partial charge in [0, 0.05) is 6.42 Å². The number of unbranched alkanes of at least 4 members (excludes halogenated alkanes) is 5. The number of cyclic esters (lactones) is 2. The first kappa shape index (κ1) is 49.5. The van der Waals surface area contributed by atoms with Gasteiger partial charge in [0.1, 0.15) is 6.10 Å². The number of nitrogens with zero attached hydrogens (tertiary/aromatic N) is 1. The van der Waals surface area contributed by atoms with Crippen LogP contribution in [0, 0.1) is 11.8 Å². The lowest BCUT2D eigenvalue weighted by Gasteiger charge is -2.25. The first-order valence-electron chi connectivity index (χ1n) is 22.5. The predicted octanol–water partition coefficient (Wildman–Crippen LogP) is 12.2. The van der Waals surface area contributed by atoms with Crippen molar-refractivity contribution in [1.82, 2.24) is 4.90 Å². The summed E-state index contributed by atoms with van der Waals surface area (Å²) in [5.74, 6) is -0.536. The van der Waals surface area contributed by atoms with E-state index in [1.54, 1.807) is 0 Å². The van der Waals surface area contributed by atoms with Crippen LogP contribution in [0.25, 0.3) is 0 Å². The molecule has 0 N–H and O–H groups in total. The van der Waals surface area contributed by atoms with Gasteiger partial charge < -0.3 is 19.1 Å². The fourth-order valence-electron chi connectivity index (χ4n) is 7.58. The molecule has 0 spiro atoms. The summed E-state index contributed by atoms with van der Waals surface area (Å²) >= 11 is 0. The normalized spacial score (nSPS) is 21.3. The van der Waals surface area contributed by atoms with Crippen LogP contribution in [0.3, 0.4) is 0 Å². The second-order valence-corrected chi connectivity index (χ2v) is 15.5. The minimum atomic E-state index is -0.181. The quantitative estimate of drug-likeness (QED) is 0.0671. The molecule has 1 heterocycles. The molecular weight excluding hydrogens is 675 g/mol. The zero-order valence-electron chi connectivity index (χ0n) is 35.5. The Balaban J connectivity index is 2.92. The number of allylic oxidation sites excluding steroid dienone is 1. The Hall–Kier alpha value is -2.55. The molecule has 310 valence electrons. The summed E-state index contributed by atoms with van der Waals surface area (Å²) < 4.78 is 17.6. The molecule has 1 rings (SSSR count). The van der Waals surface area contributed by atoms with Gasteiger partial charge in [-0.3, -0.25) is 14.4 Å². The van der Waals surface area contributed by atoms with Crippen LogP contribution in [0.15, 0.2) is 29.3 Å². The molecule has 1 aliphatic heterocycles. The molecule has 0 saturated carbocycles. The van der Waals surface area contributed by atoms with Crippen LogP contribution in [0.1, 0.15) is 201 Å².